The van der Waals surface area contributed by atoms with Gasteiger partial charge in [0, 0.05) is 50.4 Å². The predicted octanol–water partition coefficient (Wildman–Crippen LogP) is 1.50. The van der Waals surface area contributed by atoms with Crippen molar-refractivity contribution in [3.63, 3.8) is 0 Å². The van der Waals surface area contributed by atoms with Crippen LogP contribution in [0.3, 0.4) is 0 Å². The van der Waals surface area contributed by atoms with E-state index >= 15 is 0 Å². The van der Waals surface area contributed by atoms with Gasteiger partial charge in [-0.2, -0.15) is 0 Å². The number of para-hydroxylation sites is 1. The molecular weight excluding hydrogens is 450 g/mol. The Labute approximate surface area is 201 Å². The van der Waals surface area contributed by atoms with Gasteiger partial charge in [-0.25, -0.2) is 4.79 Å². The number of urea groups is 1. The van der Waals surface area contributed by atoms with Crippen LogP contribution in [-0.2, 0) is 27.3 Å². The van der Waals surface area contributed by atoms with Gasteiger partial charge in [-0.1, -0.05) is 18.2 Å². The van der Waals surface area contributed by atoms with E-state index in [1.54, 1.807) is 32.3 Å². The second-order valence-corrected chi connectivity index (χ2v) is 9.15. The maximum Gasteiger partial charge on any atom is 0.327 e. The van der Waals surface area contributed by atoms with Gasteiger partial charge in [0.15, 0.2) is 0 Å². The zero-order chi connectivity index (χ0) is 24.9. The summed E-state index contributed by atoms with van der Waals surface area (Å²) < 4.78 is 0. The summed E-state index contributed by atoms with van der Waals surface area (Å²) in [5.41, 5.74) is 3.22. The van der Waals surface area contributed by atoms with Gasteiger partial charge in [0.05, 0.1) is 0 Å². The summed E-state index contributed by atoms with van der Waals surface area (Å²) in [6, 6.07) is 10.6. The second-order valence-electron chi connectivity index (χ2n) is 9.15. The number of anilines is 2. The van der Waals surface area contributed by atoms with E-state index in [1.165, 1.54) is 14.7 Å². The molecule has 2 aromatic carbocycles. The number of amides is 6. The van der Waals surface area contributed by atoms with Crippen LogP contribution in [0.1, 0.15) is 34.3 Å². The number of carbonyl (C=O) groups excluding carboxylic acids is 5. The molecular formula is C25H25N5O5. The lowest BCUT2D eigenvalue weighted by atomic mass is 10.0. The fourth-order valence-corrected chi connectivity index (χ4v) is 4.97. The van der Waals surface area contributed by atoms with Gasteiger partial charge in [0.2, 0.25) is 17.7 Å². The van der Waals surface area contributed by atoms with E-state index in [1.807, 2.05) is 24.3 Å². The molecule has 1 saturated heterocycles. The van der Waals surface area contributed by atoms with E-state index in [4.69, 9.17) is 0 Å². The third kappa shape index (κ3) is 3.90. The molecule has 35 heavy (non-hydrogen) atoms. The van der Waals surface area contributed by atoms with Gasteiger partial charge in [-0.05, 0) is 41.8 Å². The average Bonchev–Trinajstić information content (AvgIpc) is 3.36. The third-order valence-corrected chi connectivity index (χ3v) is 6.70. The molecule has 5 rings (SSSR count). The minimum absolute atomic E-state index is 0.171. The van der Waals surface area contributed by atoms with Gasteiger partial charge in [0.25, 0.3) is 5.91 Å². The Balaban J connectivity index is 1.36. The largest absolute Gasteiger partial charge is 0.347 e. The molecule has 3 aliphatic rings. The molecule has 2 aromatic rings. The molecule has 10 nitrogen and oxygen atoms in total. The smallest absolute Gasteiger partial charge is 0.327 e. The molecule has 0 bridgehead atoms. The monoisotopic (exact) mass is 475 g/mol. The quantitative estimate of drug-likeness (QED) is 0.652. The summed E-state index contributed by atoms with van der Waals surface area (Å²) in [5.74, 6) is -1.26. The molecule has 10 heteroatoms. The van der Waals surface area contributed by atoms with Crippen molar-refractivity contribution < 1.29 is 24.0 Å². The van der Waals surface area contributed by atoms with E-state index in [2.05, 4.69) is 10.6 Å². The zero-order valence-electron chi connectivity index (χ0n) is 19.4. The molecule has 1 unspecified atom stereocenters. The fourth-order valence-electron chi connectivity index (χ4n) is 4.97. The van der Waals surface area contributed by atoms with E-state index in [0.29, 0.717) is 28.9 Å². The van der Waals surface area contributed by atoms with Gasteiger partial charge in [0.1, 0.15) is 12.1 Å². The van der Waals surface area contributed by atoms with Crippen LogP contribution in [0.5, 0.6) is 0 Å². The predicted molar refractivity (Wildman–Crippen MR) is 127 cm³/mol. The highest BCUT2D eigenvalue weighted by molar-refractivity contribution is 6.09. The van der Waals surface area contributed by atoms with Crippen LogP contribution in [0.4, 0.5) is 16.2 Å². The first-order valence-corrected chi connectivity index (χ1v) is 11.4. The van der Waals surface area contributed by atoms with Crippen LogP contribution in [0, 0.1) is 0 Å². The van der Waals surface area contributed by atoms with Crippen LogP contribution in [0.2, 0.25) is 0 Å². The molecule has 0 spiro atoms. The Hall–Kier alpha value is -4.21. The Kier molecular flexibility index (Phi) is 5.50. The lowest BCUT2D eigenvalue weighted by Crippen LogP contribution is -2.52. The number of imide groups is 1. The van der Waals surface area contributed by atoms with Crippen molar-refractivity contribution in [2.75, 3.05) is 24.3 Å². The summed E-state index contributed by atoms with van der Waals surface area (Å²) >= 11 is 0. The average molecular weight is 476 g/mol. The summed E-state index contributed by atoms with van der Waals surface area (Å²) in [6.07, 6.45) is 0.895. The molecule has 2 N–H and O–H groups in total. The van der Waals surface area contributed by atoms with Crippen LogP contribution in [0.15, 0.2) is 42.5 Å². The molecule has 2 atom stereocenters. The van der Waals surface area contributed by atoms with Crippen molar-refractivity contribution in [2.45, 2.75) is 37.9 Å². The van der Waals surface area contributed by atoms with Crippen molar-refractivity contribution in [3.8, 4) is 0 Å². The highest BCUT2D eigenvalue weighted by Gasteiger charge is 2.41. The Morgan fingerprint density at radius 1 is 1.06 bits per heavy atom. The minimum Gasteiger partial charge on any atom is -0.347 e. The van der Waals surface area contributed by atoms with Gasteiger partial charge >= 0.3 is 6.03 Å². The van der Waals surface area contributed by atoms with Crippen LogP contribution in [-0.4, -0.2) is 65.6 Å². The van der Waals surface area contributed by atoms with Crippen molar-refractivity contribution in [3.05, 3.63) is 59.2 Å². The van der Waals surface area contributed by atoms with Crippen molar-refractivity contribution in [1.82, 2.24) is 15.1 Å². The van der Waals surface area contributed by atoms with Gasteiger partial charge in [-0.15, -0.1) is 0 Å². The molecule has 0 radical (unpaired) electrons. The third-order valence-electron chi connectivity index (χ3n) is 6.70. The van der Waals surface area contributed by atoms with Crippen molar-refractivity contribution in [2.24, 2.45) is 0 Å². The number of nitrogens with one attached hydrogen (secondary N) is 2. The SMILES string of the molecule is CN(C)C(=O)[C@@H]1Cc2ccccc2N1C(=O)Nc1ccc2c(c1)CN(C1CCC(=O)NC1=O)C2=O. The highest BCUT2D eigenvalue weighted by Crippen LogP contribution is 2.34. The van der Waals surface area contributed by atoms with Crippen molar-refractivity contribution in [1.29, 1.82) is 0 Å². The lowest BCUT2D eigenvalue weighted by molar-refractivity contribution is -0.137. The standard InChI is InChI=1S/C25H25N5O5/c1-28(2)24(34)20-12-14-5-3-4-6-18(14)30(20)25(35)26-16-7-8-17-15(11-16)13-29(23(17)33)19-9-10-21(31)27-22(19)32/h3-8,11,19-20H,9-10,12-13H2,1-2H3,(H,26,35)(H,27,31,32)/t19?,20-/m0/s1. The molecule has 3 heterocycles. The zero-order valence-corrected chi connectivity index (χ0v) is 19.4. The van der Waals surface area contributed by atoms with Crippen LogP contribution in [0.25, 0.3) is 0 Å². The number of hydrogen-bond acceptors (Lipinski definition) is 5. The first kappa shape index (κ1) is 22.6. The number of likely N-dealkylation sites (N-methyl/N-ethyl adjacent to an activating group) is 1. The topological polar surface area (TPSA) is 119 Å². The summed E-state index contributed by atoms with van der Waals surface area (Å²) in [7, 11) is 3.32. The number of fused-ring (bicyclic) bond motifs is 2. The number of carbonyl (C=O) groups is 5. The highest BCUT2D eigenvalue weighted by atomic mass is 16.2. The first-order chi connectivity index (χ1) is 16.7. The number of hydrogen-bond donors (Lipinski definition) is 2. The number of rotatable bonds is 3. The molecule has 3 aliphatic heterocycles. The Morgan fingerprint density at radius 2 is 1.83 bits per heavy atom. The van der Waals surface area contributed by atoms with E-state index < -0.39 is 24.0 Å². The number of benzene rings is 2. The van der Waals surface area contributed by atoms with Crippen LogP contribution >= 0.6 is 0 Å². The molecule has 6 amide bonds. The number of piperidine rings is 1. The number of nitrogens with zero attached hydrogens (tertiary/aromatic N) is 3. The fraction of sp³-hybridized carbons (Fsp3) is 0.320. The van der Waals surface area contributed by atoms with Crippen molar-refractivity contribution >= 4 is 41.0 Å². The first-order valence-electron chi connectivity index (χ1n) is 11.4. The maximum absolute atomic E-state index is 13.3. The molecule has 0 saturated carbocycles. The molecule has 180 valence electrons. The van der Waals surface area contributed by atoms with E-state index in [-0.39, 0.29) is 37.1 Å². The second kappa shape index (κ2) is 8.53. The summed E-state index contributed by atoms with van der Waals surface area (Å²) in [5, 5.41) is 5.15. The summed E-state index contributed by atoms with van der Waals surface area (Å²) in [4.78, 5) is 67.2. The molecule has 1 fully saturated rings. The van der Waals surface area contributed by atoms with Gasteiger partial charge in [-0.3, -0.25) is 29.4 Å². The normalized spacial score (nSPS) is 20.9. The lowest BCUT2D eigenvalue weighted by Gasteiger charge is -2.29. The molecule has 0 aromatic heterocycles. The van der Waals surface area contributed by atoms with E-state index in [0.717, 1.165) is 5.56 Å². The maximum atomic E-state index is 13.3. The van der Waals surface area contributed by atoms with Crippen LogP contribution < -0.4 is 15.5 Å². The Bertz CT molecular complexity index is 1270. The van der Waals surface area contributed by atoms with E-state index in [9.17, 15) is 24.0 Å². The Morgan fingerprint density at radius 3 is 2.57 bits per heavy atom. The van der Waals surface area contributed by atoms with Gasteiger partial charge < -0.3 is 15.1 Å². The minimum atomic E-state index is -0.704. The summed E-state index contributed by atoms with van der Waals surface area (Å²) in [6.45, 7) is 0.207. The molecule has 0 aliphatic carbocycles.